The molecule has 0 aliphatic rings. The molecular formula is C17H13F3O3. The highest BCUT2D eigenvalue weighted by atomic mass is 19.2. The minimum Gasteiger partial charge on any atom is -0.458 e. The molecule has 1 N–H and O–H groups in total. The van der Waals surface area contributed by atoms with Gasteiger partial charge in [-0.05, 0) is 23.3 Å². The summed E-state index contributed by atoms with van der Waals surface area (Å²) >= 11 is 0. The Balaban J connectivity index is 2.01. The molecule has 2 rings (SSSR count). The fourth-order valence-electron chi connectivity index (χ4n) is 1.87. The zero-order valence-electron chi connectivity index (χ0n) is 11.9. The first-order chi connectivity index (χ1) is 11.0. The van der Waals surface area contributed by atoms with Crippen molar-refractivity contribution in [3.8, 4) is 0 Å². The quantitative estimate of drug-likeness (QED) is 0.522. The van der Waals surface area contributed by atoms with Gasteiger partial charge in [0.2, 0.25) is 0 Å². The normalized spacial score (nSPS) is 11.0. The average molecular weight is 322 g/mol. The second-order valence-electron chi connectivity index (χ2n) is 4.66. The van der Waals surface area contributed by atoms with Gasteiger partial charge < -0.3 is 9.84 Å². The molecule has 0 bridgehead atoms. The Labute approximate surface area is 130 Å². The topological polar surface area (TPSA) is 46.5 Å². The third-order valence-electron chi connectivity index (χ3n) is 3.10. The highest BCUT2D eigenvalue weighted by molar-refractivity contribution is 5.87. The maximum atomic E-state index is 13.4. The Morgan fingerprint density at radius 3 is 2.39 bits per heavy atom. The van der Waals surface area contributed by atoms with Crippen LogP contribution in [0, 0.1) is 17.5 Å². The second kappa shape index (κ2) is 7.60. The van der Waals surface area contributed by atoms with E-state index in [1.807, 2.05) is 0 Å². The SMILES string of the molecule is O=C(C=Cc1cc(F)c(F)cc1F)OCc1ccccc1CO. The van der Waals surface area contributed by atoms with Crippen LogP contribution in [0.1, 0.15) is 16.7 Å². The predicted molar refractivity (Wildman–Crippen MR) is 77.5 cm³/mol. The molecule has 120 valence electrons. The number of rotatable bonds is 5. The largest absolute Gasteiger partial charge is 0.458 e. The predicted octanol–water partition coefficient (Wildman–Crippen LogP) is 3.35. The summed E-state index contributed by atoms with van der Waals surface area (Å²) in [5, 5.41) is 9.15. The molecule has 0 spiro atoms. The number of esters is 1. The van der Waals surface area contributed by atoms with Crippen LogP contribution in [-0.2, 0) is 22.7 Å². The molecule has 2 aromatic rings. The summed E-state index contributed by atoms with van der Waals surface area (Å²) in [7, 11) is 0. The Morgan fingerprint density at radius 2 is 1.70 bits per heavy atom. The molecule has 0 fully saturated rings. The highest BCUT2D eigenvalue weighted by Gasteiger charge is 2.08. The lowest BCUT2D eigenvalue weighted by Crippen LogP contribution is -2.03. The lowest BCUT2D eigenvalue weighted by atomic mass is 10.1. The maximum absolute atomic E-state index is 13.4. The first-order valence-corrected chi connectivity index (χ1v) is 6.68. The second-order valence-corrected chi connectivity index (χ2v) is 4.66. The molecule has 0 radical (unpaired) electrons. The van der Waals surface area contributed by atoms with Crippen molar-refractivity contribution in [3.05, 3.63) is 76.6 Å². The molecule has 3 nitrogen and oxygen atoms in total. The van der Waals surface area contributed by atoms with E-state index < -0.39 is 23.4 Å². The van der Waals surface area contributed by atoms with Gasteiger partial charge in [-0.1, -0.05) is 24.3 Å². The van der Waals surface area contributed by atoms with Gasteiger partial charge in [0.05, 0.1) is 6.61 Å². The summed E-state index contributed by atoms with van der Waals surface area (Å²) in [6.45, 7) is -0.260. The molecule has 0 saturated carbocycles. The van der Waals surface area contributed by atoms with Crippen LogP contribution in [0.3, 0.4) is 0 Å². The van der Waals surface area contributed by atoms with Crippen LogP contribution >= 0.6 is 0 Å². The summed E-state index contributed by atoms with van der Waals surface area (Å²) in [6, 6.07) is 7.90. The lowest BCUT2D eigenvalue weighted by Gasteiger charge is -2.07. The van der Waals surface area contributed by atoms with Crippen molar-refractivity contribution in [2.24, 2.45) is 0 Å². The van der Waals surface area contributed by atoms with Gasteiger partial charge in [-0.2, -0.15) is 0 Å². The zero-order valence-corrected chi connectivity index (χ0v) is 11.9. The molecule has 0 amide bonds. The Hall–Kier alpha value is -2.60. The van der Waals surface area contributed by atoms with Gasteiger partial charge in [0.25, 0.3) is 0 Å². The van der Waals surface area contributed by atoms with Crippen molar-refractivity contribution in [1.29, 1.82) is 0 Å². The van der Waals surface area contributed by atoms with Gasteiger partial charge in [0, 0.05) is 17.7 Å². The first-order valence-electron chi connectivity index (χ1n) is 6.68. The number of hydrogen-bond acceptors (Lipinski definition) is 3. The van der Waals surface area contributed by atoms with Crippen molar-refractivity contribution < 1.29 is 27.8 Å². The zero-order chi connectivity index (χ0) is 16.8. The summed E-state index contributed by atoms with van der Waals surface area (Å²) < 4.78 is 44.2. The monoisotopic (exact) mass is 322 g/mol. The van der Waals surface area contributed by atoms with E-state index in [2.05, 4.69) is 0 Å². The molecule has 0 aromatic heterocycles. The van der Waals surface area contributed by atoms with E-state index in [-0.39, 0.29) is 18.8 Å². The van der Waals surface area contributed by atoms with Crippen molar-refractivity contribution >= 4 is 12.0 Å². The van der Waals surface area contributed by atoms with Gasteiger partial charge >= 0.3 is 5.97 Å². The van der Waals surface area contributed by atoms with Crippen LogP contribution in [0.2, 0.25) is 0 Å². The summed E-state index contributed by atoms with van der Waals surface area (Å²) in [5.74, 6) is -4.28. The summed E-state index contributed by atoms with van der Waals surface area (Å²) in [5.41, 5.74) is 0.989. The molecule has 0 atom stereocenters. The maximum Gasteiger partial charge on any atom is 0.331 e. The number of aliphatic hydroxyl groups is 1. The van der Waals surface area contributed by atoms with Crippen LogP contribution in [0.15, 0.2) is 42.5 Å². The van der Waals surface area contributed by atoms with E-state index >= 15 is 0 Å². The van der Waals surface area contributed by atoms with E-state index in [9.17, 15) is 18.0 Å². The van der Waals surface area contributed by atoms with E-state index in [0.717, 1.165) is 12.2 Å². The smallest absolute Gasteiger partial charge is 0.331 e. The summed E-state index contributed by atoms with van der Waals surface area (Å²) in [4.78, 5) is 11.6. The molecule has 0 saturated heterocycles. The number of hydrogen-bond donors (Lipinski definition) is 1. The van der Waals surface area contributed by atoms with Crippen LogP contribution < -0.4 is 0 Å². The molecule has 0 aliphatic heterocycles. The van der Waals surface area contributed by atoms with Crippen LogP contribution in [0.4, 0.5) is 13.2 Å². The fourth-order valence-corrected chi connectivity index (χ4v) is 1.87. The molecule has 0 aliphatic carbocycles. The van der Waals surface area contributed by atoms with Crippen molar-refractivity contribution in [3.63, 3.8) is 0 Å². The van der Waals surface area contributed by atoms with Crippen LogP contribution in [-0.4, -0.2) is 11.1 Å². The van der Waals surface area contributed by atoms with Crippen molar-refractivity contribution in [2.75, 3.05) is 0 Å². The third kappa shape index (κ3) is 4.43. The Bertz CT molecular complexity index is 742. The summed E-state index contributed by atoms with van der Waals surface area (Å²) in [6.07, 6.45) is 1.91. The van der Waals surface area contributed by atoms with Gasteiger partial charge in [0.1, 0.15) is 12.4 Å². The molecular weight excluding hydrogens is 309 g/mol. The van der Waals surface area contributed by atoms with Crippen LogP contribution in [0.25, 0.3) is 6.08 Å². The molecule has 0 unspecified atom stereocenters. The number of ether oxygens (including phenoxy) is 1. The Kier molecular flexibility index (Phi) is 5.54. The molecule has 6 heteroatoms. The fraction of sp³-hybridized carbons (Fsp3) is 0.118. The van der Waals surface area contributed by atoms with Crippen molar-refractivity contribution in [1.82, 2.24) is 0 Å². The van der Waals surface area contributed by atoms with Gasteiger partial charge in [-0.15, -0.1) is 0 Å². The Morgan fingerprint density at radius 1 is 1.04 bits per heavy atom. The minimum atomic E-state index is -1.30. The number of halogens is 3. The molecule has 0 heterocycles. The van der Waals surface area contributed by atoms with Crippen molar-refractivity contribution in [2.45, 2.75) is 13.2 Å². The number of aliphatic hydroxyl groups excluding tert-OH is 1. The van der Waals surface area contributed by atoms with E-state index in [0.29, 0.717) is 23.3 Å². The van der Waals surface area contributed by atoms with Gasteiger partial charge in [-0.25, -0.2) is 18.0 Å². The first kappa shape index (κ1) is 16.8. The van der Waals surface area contributed by atoms with E-state index in [1.165, 1.54) is 0 Å². The number of benzene rings is 2. The lowest BCUT2D eigenvalue weighted by molar-refractivity contribution is -0.138. The van der Waals surface area contributed by atoms with Gasteiger partial charge in [0.15, 0.2) is 11.6 Å². The number of carbonyl (C=O) groups is 1. The van der Waals surface area contributed by atoms with E-state index in [4.69, 9.17) is 9.84 Å². The minimum absolute atomic E-state index is 0.0693. The highest BCUT2D eigenvalue weighted by Crippen LogP contribution is 2.15. The average Bonchev–Trinajstić information content (AvgIpc) is 2.55. The third-order valence-corrected chi connectivity index (χ3v) is 3.10. The standard InChI is InChI=1S/C17H13F3O3/c18-14-8-16(20)15(19)7-11(14)5-6-17(22)23-10-13-4-2-1-3-12(13)9-21/h1-8,21H,9-10H2. The van der Waals surface area contributed by atoms with Gasteiger partial charge in [-0.3, -0.25) is 0 Å². The number of carbonyl (C=O) groups excluding carboxylic acids is 1. The molecule has 23 heavy (non-hydrogen) atoms. The van der Waals surface area contributed by atoms with E-state index in [1.54, 1.807) is 24.3 Å². The van der Waals surface area contributed by atoms with Crippen LogP contribution in [0.5, 0.6) is 0 Å². The molecule has 2 aromatic carbocycles.